The van der Waals surface area contributed by atoms with E-state index >= 15 is 0 Å². The Morgan fingerprint density at radius 2 is 2.00 bits per heavy atom. The number of carbonyl (C=O) groups is 1. The first-order valence-corrected chi connectivity index (χ1v) is 10.8. The number of thiol groups is 1. The van der Waals surface area contributed by atoms with Gasteiger partial charge in [0.05, 0.1) is 16.3 Å². The van der Waals surface area contributed by atoms with Gasteiger partial charge in [-0.1, -0.05) is 13.5 Å². The Balaban J connectivity index is 0.00000111. The number of H-pyrrole nitrogens is 1. The second-order valence-electron chi connectivity index (χ2n) is 7.57. The molecule has 7 heteroatoms. The summed E-state index contributed by atoms with van der Waals surface area (Å²) in [4.78, 5) is 28.7. The molecule has 1 amide bonds. The molecule has 4 N–H and O–H groups in total. The van der Waals surface area contributed by atoms with E-state index in [-0.39, 0.29) is 41.6 Å². The molecule has 168 valence electrons. The third-order valence-electron chi connectivity index (χ3n) is 5.95. The van der Waals surface area contributed by atoms with E-state index in [1.807, 2.05) is 6.92 Å². The van der Waals surface area contributed by atoms with Crippen LogP contribution in [0.5, 0.6) is 5.75 Å². The molecule has 1 aromatic carbocycles. The van der Waals surface area contributed by atoms with E-state index in [9.17, 15) is 19.8 Å². The summed E-state index contributed by atoms with van der Waals surface area (Å²) >= 11 is 4.12. The molecule has 2 aliphatic carbocycles. The number of hydrogen-bond donors (Lipinski definition) is 5. The predicted molar refractivity (Wildman–Crippen MR) is 130 cm³/mol. The van der Waals surface area contributed by atoms with Gasteiger partial charge in [0.25, 0.3) is 0 Å². The van der Waals surface area contributed by atoms with Crippen LogP contribution in [0.25, 0.3) is 22.7 Å². The number of phenols is 1. The van der Waals surface area contributed by atoms with Crippen molar-refractivity contribution in [2.75, 3.05) is 12.3 Å². The maximum Gasteiger partial charge on any atom is 0.223 e. The van der Waals surface area contributed by atoms with Crippen LogP contribution in [0.3, 0.4) is 0 Å². The highest BCUT2D eigenvalue weighted by atomic mass is 32.1. The number of aromatic amines is 1. The number of amides is 1. The van der Waals surface area contributed by atoms with Gasteiger partial charge in [-0.05, 0) is 49.3 Å². The lowest BCUT2D eigenvalue weighted by molar-refractivity contribution is -0.125. The number of aromatic nitrogens is 1. The van der Waals surface area contributed by atoms with E-state index in [0.717, 1.165) is 11.1 Å². The molecule has 0 aliphatic heterocycles. The first-order valence-electron chi connectivity index (χ1n) is 10.1. The van der Waals surface area contributed by atoms with E-state index in [2.05, 4.69) is 36.1 Å². The van der Waals surface area contributed by atoms with Gasteiger partial charge in [0.15, 0.2) is 0 Å². The number of phenolic OH excluding ortho intramolecular Hbond substituents is 1. The molecule has 1 heterocycles. The van der Waals surface area contributed by atoms with E-state index < -0.39 is 0 Å². The number of fused-ring (bicyclic) bond motifs is 3. The van der Waals surface area contributed by atoms with E-state index in [1.165, 1.54) is 0 Å². The Bertz CT molecular complexity index is 1180. The summed E-state index contributed by atoms with van der Waals surface area (Å²) in [6.07, 6.45) is 4.64. The molecule has 0 radical (unpaired) electrons. The van der Waals surface area contributed by atoms with Crippen molar-refractivity contribution >= 4 is 41.3 Å². The van der Waals surface area contributed by atoms with Crippen LogP contribution in [0, 0.1) is 12.8 Å². The molecule has 0 fully saturated rings. The summed E-state index contributed by atoms with van der Waals surface area (Å²) in [5.74, 6) is 0.448. The van der Waals surface area contributed by atoms with Crippen molar-refractivity contribution in [2.45, 2.75) is 46.5 Å². The predicted octanol–water partition coefficient (Wildman–Crippen LogP) is 2.37. The Morgan fingerprint density at radius 3 is 2.68 bits per heavy atom. The molecule has 1 aromatic heterocycles. The zero-order valence-electron chi connectivity index (χ0n) is 17.2. The summed E-state index contributed by atoms with van der Waals surface area (Å²) in [7, 11) is 0. The summed E-state index contributed by atoms with van der Waals surface area (Å²) in [5.41, 5.74) is 2.87. The summed E-state index contributed by atoms with van der Waals surface area (Å²) in [5, 5.41) is 25.2. The van der Waals surface area contributed by atoms with Crippen molar-refractivity contribution in [3.05, 3.63) is 50.6 Å². The first kappa shape index (κ1) is 24.6. The average molecular weight is 445 g/mol. The number of aliphatic hydroxyl groups excluding tert-OH is 1. The maximum atomic E-state index is 13.1. The molecule has 4 rings (SSSR count). The zero-order valence-corrected chi connectivity index (χ0v) is 18.1. The molecule has 31 heavy (non-hydrogen) atoms. The van der Waals surface area contributed by atoms with Gasteiger partial charge in [0.1, 0.15) is 11.5 Å². The molecule has 6 nitrogen and oxygen atoms in total. The van der Waals surface area contributed by atoms with Crippen LogP contribution in [0.1, 0.15) is 43.4 Å². The lowest BCUT2D eigenvalue weighted by Gasteiger charge is -2.27. The minimum atomic E-state index is -0.278. The Labute approximate surface area is 187 Å². The van der Waals surface area contributed by atoms with Gasteiger partial charge in [-0.15, -0.1) is 13.2 Å². The second kappa shape index (κ2) is 10.1. The van der Waals surface area contributed by atoms with Gasteiger partial charge in [-0.2, -0.15) is 12.6 Å². The van der Waals surface area contributed by atoms with Crippen molar-refractivity contribution in [2.24, 2.45) is 5.92 Å². The third kappa shape index (κ3) is 4.24. The Hall–Kier alpha value is -2.67. The van der Waals surface area contributed by atoms with Crippen molar-refractivity contribution in [1.82, 2.24) is 10.3 Å². The minimum Gasteiger partial charge on any atom is -0.510 e. The minimum absolute atomic E-state index is 0. The van der Waals surface area contributed by atoms with Gasteiger partial charge in [-0.25, -0.2) is 0 Å². The number of benzene rings is 1. The van der Waals surface area contributed by atoms with Gasteiger partial charge in [0.2, 0.25) is 11.3 Å². The van der Waals surface area contributed by atoms with Crippen molar-refractivity contribution in [3.8, 4) is 5.75 Å². The van der Waals surface area contributed by atoms with Crippen LogP contribution in [-0.4, -0.2) is 33.4 Å². The molecule has 1 unspecified atom stereocenters. The van der Waals surface area contributed by atoms with E-state index in [4.69, 9.17) is 0 Å². The number of hydrogen-bond acceptors (Lipinski definition) is 5. The number of aryl methyl sites for hydroxylation is 1. The SMILES string of the molecule is C.C=C.Cc1c2c(c(O)c3c(=O)c4c([nH]c13)=C(O)CCC=4)CC(C(=O)NCCS)CC2. The van der Waals surface area contributed by atoms with Gasteiger partial charge in [-0.3, -0.25) is 9.59 Å². The summed E-state index contributed by atoms with van der Waals surface area (Å²) < 4.78 is 0. The monoisotopic (exact) mass is 444 g/mol. The Morgan fingerprint density at radius 1 is 1.29 bits per heavy atom. The van der Waals surface area contributed by atoms with Crippen molar-refractivity contribution in [1.29, 1.82) is 0 Å². The molecule has 2 aliphatic rings. The van der Waals surface area contributed by atoms with E-state index in [0.29, 0.717) is 66.0 Å². The summed E-state index contributed by atoms with van der Waals surface area (Å²) in [6, 6.07) is 0. The fourth-order valence-corrected chi connectivity index (χ4v) is 4.58. The maximum absolute atomic E-state index is 13.1. The second-order valence-corrected chi connectivity index (χ2v) is 8.01. The molecular weight excluding hydrogens is 412 g/mol. The topological polar surface area (TPSA) is 102 Å². The number of rotatable bonds is 3. The standard InChI is InChI=1S/C21H24N2O4S.C2H4.CH4/c1-10-12-6-5-11(21(27)22-7-8-28)9-14(12)20(26)16-17(10)23-18-13(19(16)25)3-2-4-15(18)24;1-2;/h3,11,23-24,26,28H,2,4-9H2,1H3,(H,22,27);1-2H2;1H4. The van der Waals surface area contributed by atoms with Crippen LogP contribution >= 0.6 is 12.6 Å². The van der Waals surface area contributed by atoms with Crippen LogP contribution in [0.2, 0.25) is 0 Å². The lowest BCUT2D eigenvalue weighted by atomic mass is 9.79. The highest BCUT2D eigenvalue weighted by Gasteiger charge is 2.30. The molecule has 0 bridgehead atoms. The number of aliphatic hydroxyl groups is 1. The largest absolute Gasteiger partial charge is 0.510 e. The lowest BCUT2D eigenvalue weighted by Crippen LogP contribution is -2.44. The normalized spacial score (nSPS) is 16.7. The molecule has 0 spiro atoms. The molecule has 0 saturated carbocycles. The fraction of sp³-hybridized carbons (Fsp3) is 0.417. The van der Waals surface area contributed by atoms with Gasteiger partial charge >= 0.3 is 0 Å². The number of nitrogens with one attached hydrogen (secondary N) is 2. The highest BCUT2D eigenvalue weighted by Crippen LogP contribution is 2.38. The number of aromatic hydroxyl groups is 1. The van der Waals surface area contributed by atoms with Crippen molar-refractivity contribution < 1.29 is 15.0 Å². The molecular formula is C24H32N2O4S. The highest BCUT2D eigenvalue weighted by molar-refractivity contribution is 7.80. The van der Waals surface area contributed by atoms with E-state index in [1.54, 1.807) is 6.08 Å². The summed E-state index contributed by atoms with van der Waals surface area (Å²) in [6.45, 7) is 8.43. The quantitative estimate of drug-likeness (QED) is 0.370. The van der Waals surface area contributed by atoms with Crippen LogP contribution in [-0.2, 0) is 17.6 Å². The third-order valence-corrected chi connectivity index (χ3v) is 6.17. The smallest absolute Gasteiger partial charge is 0.223 e. The van der Waals surface area contributed by atoms with Gasteiger partial charge < -0.3 is 20.5 Å². The number of carbonyl (C=O) groups excluding carboxylic acids is 1. The van der Waals surface area contributed by atoms with Crippen LogP contribution in [0.15, 0.2) is 18.0 Å². The Kier molecular flexibility index (Phi) is 8.01. The first-order chi connectivity index (χ1) is 14.4. The average Bonchev–Trinajstić information content (AvgIpc) is 2.77. The van der Waals surface area contributed by atoms with Crippen molar-refractivity contribution in [3.63, 3.8) is 0 Å². The van der Waals surface area contributed by atoms with Crippen LogP contribution in [0.4, 0.5) is 0 Å². The molecule has 2 aromatic rings. The fourth-order valence-electron chi connectivity index (χ4n) is 4.47. The zero-order chi connectivity index (χ0) is 22.0. The van der Waals surface area contributed by atoms with Crippen LogP contribution < -0.4 is 21.3 Å². The van der Waals surface area contributed by atoms with Gasteiger partial charge in [0, 0.05) is 29.9 Å². The molecule has 0 saturated heterocycles. The number of pyridine rings is 1. The molecule has 1 atom stereocenters.